The highest BCUT2D eigenvalue weighted by Crippen LogP contribution is 2.29. The molecule has 0 aliphatic carbocycles. The van der Waals surface area contributed by atoms with Gasteiger partial charge in [0.2, 0.25) is 0 Å². The van der Waals surface area contributed by atoms with Crippen LogP contribution in [0, 0.1) is 0 Å². The van der Waals surface area contributed by atoms with Crippen LogP contribution in [0.4, 0.5) is 16.2 Å². The molecule has 2 aromatic carbocycles. The summed E-state index contributed by atoms with van der Waals surface area (Å²) >= 11 is 0. The largest absolute Gasteiger partial charge is 0.493 e. The molecular formula is C23H27N3O4. The number of para-hydroxylation sites is 2. The van der Waals surface area contributed by atoms with Crippen molar-refractivity contribution in [1.29, 1.82) is 0 Å². The fourth-order valence-corrected chi connectivity index (χ4v) is 3.24. The molecule has 7 nitrogen and oxygen atoms in total. The normalized spacial score (nSPS) is 13.3. The number of rotatable bonds is 7. The summed E-state index contributed by atoms with van der Waals surface area (Å²) in [5.41, 5.74) is 2.05. The molecule has 1 aliphatic rings. The van der Waals surface area contributed by atoms with Crippen LogP contribution in [-0.4, -0.2) is 43.6 Å². The summed E-state index contributed by atoms with van der Waals surface area (Å²) in [5.74, 6) is 0.700. The Labute approximate surface area is 176 Å². The number of carbonyl (C=O) groups excluding carboxylic acids is 2. The molecule has 1 heterocycles. The van der Waals surface area contributed by atoms with Crippen LogP contribution in [0.25, 0.3) is 6.08 Å². The number of allylic oxidation sites excluding steroid dienone is 1. The summed E-state index contributed by atoms with van der Waals surface area (Å²) in [6.07, 6.45) is 5.92. The maximum Gasteiger partial charge on any atom is 0.321 e. The van der Waals surface area contributed by atoms with Crippen molar-refractivity contribution in [3.8, 4) is 11.5 Å². The van der Waals surface area contributed by atoms with Gasteiger partial charge in [-0.1, -0.05) is 30.4 Å². The van der Waals surface area contributed by atoms with Crippen LogP contribution in [0.2, 0.25) is 0 Å². The Morgan fingerprint density at radius 2 is 1.73 bits per heavy atom. The van der Waals surface area contributed by atoms with Gasteiger partial charge in [0.05, 0.1) is 18.5 Å². The lowest BCUT2D eigenvalue weighted by Gasteiger charge is -2.18. The first kappa shape index (κ1) is 21.2. The molecule has 0 atom stereocenters. The van der Waals surface area contributed by atoms with Gasteiger partial charge >= 0.3 is 6.03 Å². The van der Waals surface area contributed by atoms with Gasteiger partial charge in [-0.2, -0.15) is 0 Å². The Balaban J connectivity index is 1.61. The first-order valence-electron chi connectivity index (χ1n) is 9.99. The molecule has 1 fully saturated rings. The van der Waals surface area contributed by atoms with Crippen molar-refractivity contribution < 1.29 is 19.1 Å². The monoisotopic (exact) mass is 409 g/mol. The first-order chi connectivity index (χ1) is 14.6. The van der Waals surface area contributed by atoms with Crippen LogP contribution >= 0.6 is 0 Å². The highest BCUT2D eigenvalue weighted by Gasteiger charge is 2.19. The van der Waals surface area contributed by atoms with E-state index in [1.807, 2.05) is 37.3 Å². The standard InChI is InChI=1S/C23H27N3O4/c1-3-8-17-11-12-20(21(15-17)29-2)30-16-22(27)24-18-9-4-5-10-19(18)25-23(28)26-13-6-7-14-26/h3-5,8-12,15H,6-7,13-14,16H2,1-2H3,(H,24,27)(H,25,28). The highest BCUT2D eigenvalue weighted by molar-refractivity contribution is 5.99. The first-order valence-corrected chi connectivity index (χ1v) is 9.99. The van der Waals surface area contributed by atoms with Crippen LogP contribution < -0.4 is 20.1 Å². The van der Waals surface area contributed by atoms with Crippen molar-refractivity contribution in [1.82, 2.24) is 4.90 Å². The van der Waals surface area contributed by atoms with E-state index in [0.717, 1.165) is 31.5 Å². The molecule has 3 amide bonds. The van der Waals surface area contributed by atoms with E-state index < -0.39 is 0 Å². The minimum atomic E-state index is -0.336. The molecule has 1 saturated heterocycles. The molecular weight excluding hydrogens is 382 g/mol. The maximum atomic E-state index is 12.4. The van der Waals surface area contributed by atoms with E-state index in [9.17, 15) is 9.59 Å². The fourth-order valence-electron chi connectivity index (χ4n) is 3.24. The predicted octanol–water partition coefficient (Wildman–Crippen LogP) is 4.37. The van der Waals surface area contributed by atoms with Crippen molar-refractivity contribution in [2.24, 2.45) is 0 Å². The smallest absolute Gasteiger partial charge is 0.321 e. The molecule has 0 unspecified atom stereocenters. The van der Waals surface area contributed by atoms with E-state index in [2.05, 4.69) is 10.6 Å². The number of hydrogen-bond acceptors (Lipinski definition) is 4. The van der Waals surface area contributed by atoms with Crippen LogP contribution in [-0.2, 0) is 4.79 Å². The second-order valence-corrected chi connectivity index (χ2v) is 6.92. The number of benzene rings is 2. The predicted molar refractivity (Wildman–Crippen MR) is 118 cm³/mol. The van der Waals surface area contributed by atoms with Gasteiger partial charge < -0.3 is 25.0 Å². The van der Waals surface area contributed by atoms with E-state index in [4.69, 9.17) is 9.47 Å². The third kappa shape index (κ3) is 5.53. The van der Waals surface area contributed by atoms with Crippen LogP contribution in [0.5, 0.6) is 11.5 Å². The zero-order valence-electron chi connectivity index (χ0n) is 17.3. The lowest BCUT2D eigenvalue weighted by Crippen LogP contribution is -2.32. The van der Waals surface area contributed by atoms with Gasteiger partial charge in [0.15, 0.2) is 18.1 Å². The van der Waals surface area contributed by atoms with Gasteiger partial charge in [0.1, 0.15) is 0 Å². The second kappa shape index (κ2) is 10.3. The summed E-state index contributed by atoms with van der Waals surface area (Å²) in [6, 6.07) is 12.4. The molecule has 1 aliphatic heterocycles. The molecule has 7 heteroatoms. The van der Waals surface area contributed by atoms with E-state index in [0.29, 0.717) is 22.9 Å². The van der Waals surface area contributed by atoms with Crippen LogP contribution in [0.15, 0.2) is 48.5 Å². The third-order valence-electron chi connectivity index (χ3n) is 4.74. The topological polar surface area (TPSA) is 79.9 Å². The van der Waals surface area contributed by atoms with E-state index >= 15 is 0 Å². The quantitative estimate of drug-likeness (QED) is 0.712. The molecule has 0 radical (unpaired) electrons. The van der Waals surface area contributed by atoms with Gasteiger partial charge in [0.25, 0.3) is 5.91 Å². The summed E-state index contributed by atoms with van der Waals surface area (Å²) in [4.78, 5) is 26.6. The van der Waals surface area contributed by atoms with Gasteiger partial charge in [0, 0.05) is 13.1 Å². The van der Waals surface area contributed by atoms with E-state index in [-0.39, 0.29) is 18.5 Å². The van der Waals surface area contributed by atoms with Crippen LogP contribution in [0.1, 0.15) is 25.3 Å². The highest BCUT2D eigenvalue weighted by atomic mass is 16.5. The number of nitrogens with zero attached hydrogens (tertiary/aromatic N) is 1. The summed E-state index contributed by atoms with van der Waals surface area (Å²) in [7, 11) is 1.56. The van der Waals surface area contributed by atoms with Crippen molar-refractivity contribution in [2.45, 2.75) is 19.8 Å². The number of anilines is 2. The van der Waals surface area contributed by atoms with Crippen molar-refractivity contribution in [3.63, 3.8) is 0 Å². The molecule has 2 N–H and O–H groups in total. The number of carbonyl (C=O) groups is 2. The number of urea groups is 1. The molecule has 3 rings (SSSR count). The number of likely N-dealkylation sites (tertiary alicyclic amines) is 1. The minimum Gasteiger partial charge on any atom is -0.493 e. The van der Waals surface area contributed by atoms with E-state index in [1.54, 1.807) is 36.3 Å². The summed E-state index contributed by atoms with van der Waals surface area (Å²) in [6.45, 7) is 3.26. The van der Waals surface area contributed by atoms with Gasteiger partial charge in [-0.25, -0.2) is 4.79 Å². The molecule has 0 spiro atoms. The average Bonchev–Trinajstić information content (AvgIpc) is 3.29. The zero-order chi connectivity index (χ0) is 21.3. The average molecular weight is 409 g/mol. The molecule has 2 aromatic rings. The minimum absolute atomic E-state index is 0.156. The molecule has 0 saturated carbocycles. The number of methoxy groups -OCH3 is 1. The number of ether oxygens (including phenoxy) is 2. The van der Waals surface area contributed by atoms with E-state index in [1.165, 1.54) is 0 Å². The number of nitrogens with one attached hydrogen (secondary N) is 2. The molecule has 0 aromatic heterocycles. The zero-order valence-corrected chi connectivity index (χ0v) is 17.3. The lowest BCUT2D eigenvalue weighted by molar-refractivity contribution is -0.118. The Kier molecular flexibility index (Phi) is 7.32. The Morgan fingerprint density at radius 3 is 2.40 bits per heavy atom. The second-order valence-electron chi connectivity index (χ2n) is 6.92. The van der Waals surface area contributed by atoms with Crippen LogP contribution in [0.3, 0.4) is 0 Å². The van der Waals surface area contributed by atoms with Gasteiger partial charge in [-0.3, -0.25) is 4.79 Å². The number of amides is 3. The Hall–Kier alpha value is -3.48. The SMILES string of the molecule is CC=Cc1ccc(OCC(=O)Nc2ccccc2NC(=O)N2CCCC2)c(OC)c1. The molecule has 0 bridgehead atoms. The molecule has 158 valence electrons. The van der Waals surface area contributed by atoms with Crippen molar-refractivity contribution in [2.75, 3.05) is 37.4 Å². The van der Waals surface area contributed by atoms with Gasteiger partial charge in [-0.15, -0.1) is 0 Å². The lowest BCUT2D eigenvalue weighted by atomic mass is 10.2. The van der Waals surface area contributed by atoms with Crippen molar-refractivity contribution >= 4 is 29.4 Å². The Bertz CT molecular complexity index is 920. The fraction of sp³-hybridized carbons (Fsp3) is 0.304. The van der Waals surface area contributed by atoms with Crippen molar-refractivity contribution in [3.05, 3.63) is 54.1 Å². The summed E-state index contributed by atoms with van der Waals surface area (Å²) in [5, 5.41) is 5.67. The maximum absolute atomic E-state index is 12.4. The third-order valence-corrected chi connectivity index (χ3v) is 4.74. The van der Waals surface area contributed by atoms with Gasteiger partial charge in [-0.05, 0) is 49.6 Å². The Morgan fingerprint density at radius 1 is 1.03 bits per heavy atom. The summed E-state index contributed by atoms with van der Waals surface area (Å²) < 4.78 is 11.0. The molecule has 30 heavy (non-hydrogen) atoms. The number of hydrogen-bond donors (Lipinski definition) is 2.